The zero-order valence-electron chi connectivity index (χ0n) is 16.2. The molecule has 2 saturated heterocycles. The minimum absolute atomic E-state index is 0.0587. The Bertz CT molecular complexity index is 743. The number of allylic oxidation sites excluding steroid dienone is 1. The second kappa shape index (κ2) is 5.22. The molecular formula is C21H28O6. The number of methoxy groups -OCH3 is 1. The summed E-state index contributed by atoms with van der Waals surface area (Å²) in [7, 11) is 1.63. The van der Waals surface area contributed by atoms with E-state index in [1.54, 1.807) is 7.11 Å². The fourth-order valence-corrected chi connectivity index (χ4v) is 7.52. The zero-order chi connectivity index (χ0) is 19.4. The molecule has 8 atom stereocenters. The van der Waals surface area contributed by atoms with Crippen molar-refractivity contribution in [2.75, 3.05) is 13.7 Å². The van der Waals surface area contributed by atoms with Crippen molar-refractivity contribution in [1.29, 1.82) is 0 Å². The normalized spacial score (nSPS) is 52.8. The van der Waals surface area contributed by atoms with Gasteiger partial charge in [0, 0.05) is 24.4 Å². The van der Waals surface area contributed by atoms with Crippen molar-refractivity contribution in [3.05, 3.63) is 12.2 Å². The lowest BCUT2D eigenvalue weighted by Gasteiger charge is -2.62. The maximum absolute atomic E-state index is 13.3. The highest BCUT2D eigenvalue weighted by Gasteiger charge is 2.79. The molecule has 5 fully saturated rings. The number of aliphatic hydroxyl groups excluding tert-OH is 1. The van der Waals surface area contributed by atoms with Crippen molar-refractivity contribution in [3.63, 3.8) is 0 Å². The van der Waals surface area contributed by atoms with E-state index < -0.39 is 35.1 Å². The molecular weight excluding hydrogens is 348 g/mol. The van der Waals surface area contributed by atoms with E-state index in [4.69, 9.17) is 14.2 Å². The second-order valence-corrected chi connectivity index (χ2v) is 9.93. The second-order valence-electron chi connectivity index (χ2n) is 9.93. The summed E-state index contributed by atoms with van der Waals surface area (Å²) in [4.78, 5) is 26.5. The van der Waals surface area contributed by atoms with E-state index >= 15 is 0 Å². The fraction of sp³-hybridized carbons (Fsp3) is 0.810. The lowest BCUT2D eigenvalue weighted by atomic mass is 9.43. The van der Waals surface area contributed by atoms with Crippen LogP contribution in [0, 0.1) is 34.0 Å². The van der Waals surface area contributed by atoms with Crippen molar-refractivity contribution >= 4 is 11.8 Å². The van der Waals surface area contributed by atoms with E-state index in [9.17, 15) is 14.7 Å². The third-order valence-corrected chi connectivity index (χ3v) is 8.47. The Morgan fingerprint density at radius 2 is 2.00 bits per heavy atom. The first-order chi connectivity index (χ1) is 12.7. The number of ketones is 1. The molecule has 6 nitrogen and oxygen atoms in total. The third-order valence-electron chi connectivity index (χ3n) is 8.47. The van der Waals surface area contributed by atoms with E-state index in [1.165, 1.54) is 0 Å². The van der Waals surface area contributed by atoms with E-state index in [-0.39, 0.29) is 29.1 Å². The molecule has 0 radical (unpaired) electrons. The molecule has 3 saturated carbocycles. The van der Waals surface area contributed by atoms with Crippen LogP contribution in [0.1, 0.15) is 39.5 Å². The van der Waals surface area contributed by atoms with Crippen LogP contribution in [-0.2, 0) is 23.8 Å². The summed E-state index contributed by atoms with van der Waals surface area (Å²) in [5, 5.41) is 11.2. The number of fused-ring (bicyclic) bond motifs is 1. The molecule has 148 valence electrons. The zero-order valence-corrected chi connectivity index (χ0v) is 16.2. The molecule has 1 N–H and O–H groups in total. The van der Waals surface area contributed by atoms with E-state index in [1.807, 2.05) is 0 Å². The Kier molecular flexibility index (Phi) is 3.45. The van der Waals surface area contributed by atoms with Crippen molar-refractivity contribution in [2.24, 2.45) is 34.0 Å². The van der Waals surface area contributed by atoms with E-state index in [0.717, 1.165) is 6.42 Å². The highest BCUT2D eigenvalue weighted by atomic mass is 16.7. The Balaban J connectivity index is 1.74. The standard InChI is InChI=1S/C21H28O6/c1-10-11-7-12(22)14-20(8-11,16(10)23)18(24)27-13-5-6-19(2,3)15-17(25-4)26-9-21(13,14)15/h11-15,17,22H,1,5-9H2,2-4H3/t11-,12-,13+,14-,15-,17-,20+,21-/m1/s1. The topological polar surface area (TPSA) is 82.1 Å². The predicted molar refractivity (Wildman–Crippen MR) is 94.4 cm³/mol. The lowest BCUT2D eigenvalue weighted by molar-refractivity contribution is -0.252. The largest absolute Gasteiger partial charge is 0.461 e. The van der Waals surface area contributed by atoms with Crippen LogP contribution in [0.3, 0.4) is 0 Å². The number of aliphatic hydroxyl groups is 1. The molecule has 2 heterocycles. The SMILES string of the molecule is C=C1C(=O)[C@]23C[C@H]1C[C@@H](O)[C@H]2[C@]12CO[C@@H](OC)[C@@H]1C(C)(C)CC[C@@H]2OC3=O. The summed E-state index contributed by atoms with van der Waals surface area (Å²) >= 11 is 0. The van der Waals surface area contributed by atoms with Crippen molar-refractivity contribution in [3.8, 4) is 0 Å². The first kappa shape index (κ1) is 17.8. The molecule has 2 bridgehead atoms. The summed E-state index contributed by atoms with van der Waals surface area (Å²) in [6.07, 6.45) is 0.937. The van der Waals surface area contributed by atoms with Crippen molar-refractivity contribution in [2.45, 2.75) is 58.0 Å². The molecule has 27 heavy (non-hydrogen) atoms. The molecule has 5 rings (SSSR count). The Hall–Kier alpha value is -1.24. The van der Waals surface area contributed by atoms with Crippen LogP contribution in [0.4, 0.5) is 0 Å². The minimum atomic E-state index is -1.31. The number of esters is 1. The Labute approximate surface area is 159 Å². The number of hydrogen-bond acceptors (Lipinski definition) is 6. The molecule has 2 aliphatic heterocycles. The maximum Gasteiger partial charge on any atom is 0.320 e. The summed E-state index contributed by atoms with van der Waals surface area (Å²) < 4.78 is 17.8. The van der Waals surface area contributed by atoms with Gasteiger partial charge in [0.15, 0.2) is 12.1 Å². The predicted octanol–water partition coefficient (Wildman–Crippen LogP) is 1.85. The van der Waals surface area contributed by atoms with Crippen molar-refractivity contribution in [1.82, 2.24) is 0 Å². The van der Waals surface area contributed by atoms with Crippen LogP contribution in [0.15, 0.2) is 12.2 Å². The van der Waals surface area contributed by atoms with Crippen LogP contribution >= 0.6 is 0 Å². The first-order valence-corrected chi connectivity index (χ1v) is 9.97. The van der Waals surface area contributed by atoms with Crippen molar-refractivity contribution < 1.29 is 28.9 Å². The molecule has 2 spiro atoms. The van der Waals surface area contributed by atoms with Gasteiger partial charge in [-0.3, -0.25) is 9.59 Å². The smallest absolute Gasteiger partial charge is 0.320 e. The molecule has 0 aromatic rings. The number of carbonyl (C=O) groups excluding carboxylic acids is 2. The van der Waals surface area contributed by atoms with Crippen LogP contribution in [0.5, 0.6) is 0 Å². The van der Waals surface area contributed by atoms with Gasteiger partial charge in [0.25, 0.3) is 0 Å². The highest BCUT2D eigenvalue weighted by molar-refractivity contribution is 6.15. The monoisotopic (exact) mass is 376 g/mol. The van der Waals surface area contributed by atoms with Crippen LogP contribution in [0.2, 0.25) is 0 Å². The molecule has 3 aliphatic carbocycles. The quantitative estimate of drug-likeness (QED) is 0.427. The molecule has 0 aromatic heterocycles. The number of ether oxygens (including phenoxy) is 3. The Morgan fingerprint density at radius 1 is 1.26 bits per heavy atom. The molecule has 0 unspecified atom stereocenters. The van der Waals surface area contributed by atoms with Gasteiger partial charge in [-0.2, -0.15) is 0 Å². The van der Waals surface area contributed by atoms with Gasteiger partial charge in [-0.05, 0) is 42.6 Å². The first-order valence-electron chi connectivity index (χ1n) is 9.97. The van der Waals surface area contributed by atoms with Crippen LogP contribution in [0.25, 0.3) is 0 Å². The van der Waals surface area contributed by atoms with Gasteiger partial charge in [0.2, 0.25) is 0 Å². The van der Waals surface area contributed by atoms with Gasteiger partial charge in [-0.15, -0.1) is 0 Å². The van der Waals surface area contributed by atoms with Crippen LogP contribution in [-0.4, -0.2) is 49.1 Å². The van der Waals surface area contributed by atoms with Gasteiger partial charge in [-0.25, -0.2) is 0 Å². The van der Waals surface area contributed by atoms with Gasteiger partial charge in [-0.1, -0.05) is 20.4 Å². The Morgan fingerprint density at radius 3 is 2.70 bits per heavy atom. The third kappa shape index (κ3) is 1.83. The average molecular weight is 376 g/mol. The number of carbonyl (C=O) groups is 2. The highest BCUT2D eigenvalue weighted by Crippen LogP contribution is 2.71. The average Bonchev–Trinajstić information content (AvgIpc) is 3.10. The van der Waals surface area contributed by atoms with Crippen LogP contribution < -0.4 is 0 Å². The van der Waals surface area contributed by atoms with Gasteiger partial charge in [0.1, 0.15) is 11.5 Å². The molecule has 5 aliphatic rings. The molecule has 0 amide bonds. The lowest BCUT2D eigenvalue weighted by Crippen LogP contribution is -2.70. The molecule has 6 heteroatoms. The van der Waals surface area contributed by atoms with E-state index in [2.05, 4.69) is 20.4 Å². The number of hydrogen-bond donors (Lipinski definition) is 1. The fourth-order valence-electron chi connectivity index (χ4n) is 7.52. The summed E-state index contributed by atoms with van der Waals surface area (Å²) in [6.45, 7) is 8.67. The molecule has 0 aromatic carbocycles. The van der Waals surface area contributed by atoms with E-state index in [0.29, 0.717) is 31.4 Å². The van der Waals surface area contributed by atoms with Gasteiger partial charge < -0.3 is 19.3 Å². The minimum Gasteiger partial charge on any atom is -0.461 e. The number of Topliss-reactive ketones (excluding diaryl/α,β-unsaturated/α-hetero) is 1. The maximum atomic E-state index is 13.3. The summed E-state index contributed by atoms with van der Waals surface area (Å²) in [6, 6.07) is 0. The van der Waals surface area contributed by atoms with Gasteiger partial charge in [0.05, 0.1) is 12.7 Å². The number of rotatable bonds is 1. The summed E-state index contributed by atoms with van der Waals surface area (Å²) in [5.41, 5.74) is -1.57. The summed E-state index contributed by atoms with van der Waals surface area (Å²) in [5.74, 6) is -1.40. The van der Waals surface area contributed by atoms with Gasteiger partial charge >= 0.3 is 5.97 Å².